The zero-order chi connectivity index (χ0) is 23.8. The molecule has 34 heavy (non-hydrogen) atoms. The number of nitrogens with zero attached hydrogens (tertiary/aromatic N) is 2. The number of nitrogens with one attached hydrogen (secondary N) is 1. The Morgan fingerprint density at radius 1 is 1.03 bits per heavy atom. The topological polar surface area (TPSA) is 54.0 Å². The van der Waals surface area contributed by atoms with Crippen LogP contribution >= 0.6 is 0 Å². The van der Waals surface area contributed by atoms with Crippen LogP contribution < -0.4 is 10.2 Å². The largest absolute Gasteiger partial charge is 0.366 e. The number of rotatable bonds is 10. The molecule has 4 rings (SSSR count). The molecule has 0 bridgehead atoms. The van der Waals surface area contributed by atoms with E-state index in [4.69, 9.17) is 9.47 Å². The molecular formula is C28H33N3O3. The van der Waals surface area contributed by atoms with E-state index in [-0.39, 0.29) is 18.1 Å². The van der Waals surface area contributed by atoms with Crippen LogP contribution in [0.15, 0.2) is 84.9 Å². The summed E-state index contributed by atoms with van der Waals surface area (Å²) in [4.78, 5) is 17.4. The van der Waals surface area contributed by atoms with Gasteiger partial charge in [-0.25, -0.2) is 0 Å². The van der Waals surface area contributed by atoms with Crippen molar-refractivity contribution < 1.29 is 14.3 Å². The predicted molar refractivity (Wildman–Crippen MR) is 136 cm³/mol. The van der Waals surface area contributed by atoms with Crippen LogP contribution in [0.25, 0.3) is 0 Å². The molecule has 1 fully saturated rings. The lowest BCUT2D eigenvalue weighted by Crippen LogP contribution is -2.36. The van der Waals surface area contributed by atoms with E-state index in [9.17, 15) is 4.79 Å². The first kappa shape index (κ1) is 24.0. The summed E-state index contributed by atoms with van der Waals surface area (Å²) in [7, 11) is 3.77. The molecular weight excluding hydrogens is 426 g/mol. The first-order valence-electron chi connectivity index (χ1n) is 11.7. The molecule has 3 aromatic carbocycles. The van der Waals surface area contributed by atoms with Gasteiger partial charge in [0, 0.05) is 50.7 Å². The summed E-state index contributed by atoms with van der Waals surface area (Å²) < 4.78 is 10.8. The highest BCUT2D eigenvalue weighted by Crippen LogP contribution is 2.28. The third-order valence-electron chi connectivity index (χ3n) is 6.30. The van der Waals surface area contributed by atoms with Crippen LogP contribution in [0, 0.1) is 0 Å². The molecule has 0 aromatic heterocycles. The lowest BCUT2D eigenvalue weighted by molar-refractivity contribution is -0.0671. The number of anilines is 2. The van der Waals surface area contributed by atoms with Gasteiger partial charge in [-0.05, 0) is 48.4 Å². The van der Waals surface area contributed by atoms with Crippen LogP contribution in [0.4, 0.5) is 11.4 Å². The summed E-state index contributed by atoms with van der Waals surface area (Å²) in [5.41, 5.74) is 3.75. The van der Waals surface area contributed by atoms with E-state index in [1.165, 1.54) is 5.56 Å². The van der Waals surface area contributed by atoms with Gasteiger partial charge in [0.15, 0.2) is 0 Å². The van der Waals surface area contributed by atoms with E-state index in [0.29, 0.717) is 12.4 Å². The fourth-order valence-electron chi connectivity index (χ4n) is 4.39. The SMILES string of the molecule is COCO[C@H]1CCN(C[C@H](c2ccccc2)N(C)c2ccc(C(=O)Nc3ccccc3)cc2)C1. The maximum atomic E-state index is 12.6. The number of benzene rings is 3. The molecule has 0 aliphatic carbocycles. The molecule has 6 heteroatoms. The monoisotopic (exact) mass is 459 g/mol. The lowest BCUT2D eigenvalue weighted by atomic mass is 10.0. The minimum absolute atomic E-state index is 0.112. The summed E-state index contributed by atoms with van der Waals surface area (Å²) in [5.74, 6) is -0.112. The molecule has 1 aliphatic heterocycles. The first-order chi connectivity index (χ1) is 16.6. The minimum atomic E-state index is -0.112. The highest BCUT2D eigenvalue weighted by Gasteiger charge is 2.28. The molecule has 3 aromatic rings. The Bertz CT molecular complexity index is 1030. The molecule has 1 N–H and O–H groups in total. The number of likely N-dealkylation sites (N-methyl/N-ethyl adjacent to an activating group) is 1. The molecule has 178 valence electrons. The highest BCUT2D eigenvalue weighted by molar-refractivity contribution is 6.04. The Kier molecular flexibility index (Phi) is 8.31. The minimum Gasteiger partial charge on any atom is -0.366 e. The Labute approximate surface area is 202 Å². The Morgan fingerprint density at radius 3 is 2.38 bits per heavy atom. The van der Waals surface area contributed by atoms with E-state index < -0.39 is 0 Å². The van der Waals surface area contributed by atoms with Crippen molar-refractivity contribution in [2.24, 2.45) is 0 Å². The van der Waals surface area contributed by atoms with Crippen molar-refractivity contribution in [3.05, 3.63) is 96.1 Å². The van der Waals surface area contributed by atoms with E-state index >= 15 is 0 Å². The van der Waals surface area contributed by atoms with Gasteiger partial charge in [-0.15, -0.1) is 0 Å². The van der Waals surface area contributed by atoms with Crippen LogP contribution in [0.1, 0.15) is 28.4 Å². The van der Waals surface area contributed by atoms with Gasteiger partial charge in [-0.1, -0.05) is 48.5 Å². The standard InChI is InChI=1S/C28H33N3O3/c1-30(25-15-13-23(14-16-25)28(32)29-24-11-7-4-8-12-24)27(22-9-5-3-6-10-22)20-31-18-17-26(19-31)34-21-33-2/h3-16,26-27H,17-21H2,1-2H3,(H,29,32)/t26-,27+/m0/s1. The fraction of sp³-hybridized carbons (Fsp3) is 0.321. The summed E-state index contributed by atoms with van der Waals surface area (Å²) in [6, 6.07) is 28.1. The van der Waals surface area contributed by atoms with Crippen molar-refractivity contribution in [2.45, 2.75) is 18.6 Å². The van der Waals surface area contributed by atoms with Crippen molar-refractivity contribution in [1.29, 1.82) is 0 Å². The van der Waals surface area contributed by atoms with Crippen molar-refractivity contribution in [3.63, 3.8) is 0 Å². The van der Waals surface area contributed by atoms with Crippen LogP contribution in [0.5, 0.6) is 0 Å². The zero-order valence-corrected chi connectivity index (χ0v) is 19.9. The summed E-state index contributed by atoms with van der Waals surface area (Å²) in [6.45, 7) is 3.14. The number of hydrogen-bond acceptors (Lipinski definition) is 5. The zero-order valence-electron chi connectivity index (χ0n) is 19.9. The molecule has 1 aliphatic rings. The van der Waals surface area contributed by atoms with E-state index in [1.807, 2.05) is 60.7 Å². The smallest absolute Gasteiger partial charge is 0.255 e. The van der Waals surface area contributed by atoms with Crippen LogP contribution in [0.2, 0.25) is 0 Å². The van der Waals surface area contributed by atoms with Gasteiger partial charge in [0.1, 0.15) is 6.79 Å². The van der Waals surface area contributed by atoms with Crippen LogP contribution in [-0.4, -0.2) is 57.5 Å². The van der Waals surface area contributed by atoms with Gasteiger partial charge in [0.25, 0.3) is 5.91 Å². The van der Waals surface area contributed by atoms with Gasteiger partial charge in [0.2, 0.25) is 0 Å². The number of carbonyl (C=O) groups is 1. The van der Waals surface area contributed by atoms with Crippen molar-refractivity contribution in [3.8, 4) is 0 Å². The van der Waals surface area contributed by atoms with Gasteiger partial charge in [0.05, 0.1) is 12.1 Å². The highest BCUT2D eigenvalue weighted by atomic mass is 16.7. The van der Waals surface area contributed by atoms with Crippen LogP contribution in [-0.2, 0) is 9.47 Å². The summed E-state index contributed by atoms with van der Waals surface area (Å²) >= 11 is 0. The van der Waals surface area contributed by atoms with Gasteiger partial charge >= 0.3 is 0 Å². The van der Waals surface area contributed by atoms with Gasteiger partial charge in [-0.3, -0.25) is 9.69 Å². The number of carbonyl (C=O) groups excluding carboxylic acids is 1. The Balaban J connectivity index is 1.45. The normalized spacial score (nSPS) is 16.8. The second-order valence-corrected chi connectivity index (χ2v) is 8.65. The Hall–Kier alpha value is -3.19. The molecule has 0 radical (unpaired) electrons. The lowest BCUT2D eigenvalue weighted by Gasteiger charge is -2.33. The number of amides is 1. The number of hydrogen-bond donors (Lipinski definition) is 1. The van der Waals surface area contributed by atoms with Crippen molar-refractivity contribution in [1.82, 2.24) is 4.90 Å². The Morgan fingerprint density at radius 2 is 1.71 bits per heavy atom. The average molecular weight is 460 g/mol. The first-order valence-corrected chi connectivity index (χ1v) is 11.7. The van der Waals surface area contributed by atoms with Crippen molar-refractivity contribution >= 4 is 17.3 Å². The number of methoxy groups -OCH3 is 1. The molecule has 1 amide bonds. The summed E-state index contributed by atoms with van der Waals surface area (Å²) in [5, 5.41) is 2.94. The number of para-hydroxylation sites is 1. The summed E-state index contributed by atoms with van der Waals surface area (Å²) in [6.07, 6.45) is 1.23. The molecule has 2 atom stereocenters. The molecule has 6 nitrogen and oxygen atoms in total. The van der Waals surface area contributed by atoms with E-state index in [0.717, 1.165) is 37.4 Å². The van der Waals surface area contributed by atoms with Crippen molar-refractivity contribution in [2.75, 3.05) is 50.8 Å². The molecule has 0 spiro atoms. The fourth-order valence-corrected chi connectivity index (χ4v) is 4.39. The molecule has 1 saturated heterocycles. The third kappa shape index (κ3) is 6.23. The second-order valence-electron chi connectivity index (χ2n) is 8.65. The van der Waals surface area contributed by atoms with Gasteiger partial charge < -0.3 is 19.7 Å². The third-order valence-corrected chi connectivity index (χ3v) is 6.30. The second kappa shape index (κ2) is 11.8. The molecule has 1 heterocycles. The van der Waals surface area contributed by atoms with Gasteiger partial charge in [-0.2, -0.15) is 0 Å². The maximum Gasteiger partial charge on any atom is 0.255 e. The predicted octanol–water partition coefficient (Wildman–Crippen LogP) is 4.81. The molecule has 0 unspecified atom stereocenters. The number of likely N-dealkylation sites (tertiary alicyclic amines) is 1. The van der Waals surface area contributed by atoms with E-state index in [1.54, 1.807) is 7.11 Å². The maximum absolute atomic E-state index is 12.6. The number of ether oxygens (including phenoxy) is 2. The molecule has 0 saturated carbocycles. The quantitative estimate of drug-likeness (QED) is 0.441. The van der Waals surface area contributed by atoms with E-state index in [2.05, 4.69) is 46.4 Å². The average Bonchev–Trinajstić information content (AvgIpc) is 3.34. The van der Waals surface area contributed by atoms with Crippen LogP contribution in [0.3, 0.4) is 0 Å².